The Morgan fingerprint density at radius 1 is 1.20 bits per heavy atom. The molecule has 0 bridgehead atoms. The van der Waals surface area contributed by atoms with Gasteiger partial charge in [0, 0.05) is 13.6 Å². The molecule has 116 valence electrons. The number of nitrogen functional groups attached to an aromatic ring is 1. The fourth-order valence-electron chi connectivity index (χ4n) is 2.46. The highest BCUT2D eigenvalue weighted by molar-refractivity contribution is 5.64. The maximum absolute atomic E-state index is 6.14. The molecule has 0 saturated carbocycles. The number of aryl methyl sites for hydroxylation is 2. The molecule has 1 heterocycles. The van der Waals surface area contributed by atoms with Gasteiger partial charge in [0.2, 0.25) is 0 Å². The summed E-state index contributed by atoms with van der Waals surface area (Å²) in [6.07, 6.45) is 8.56. The molecule has 0 aromatic carbocycles. The van der Waals surface area contributed by atoms with Crippen LogP contribution in [0.2, 0.25) is 0 Å². The SMILES string of the molecule is CCCc1nn(C)c(NCCCCCCC(C)C)c1N. The van der Waals surface area contributed by atoms with Crippen LogP contribution in [0.3, 0.4) is 0 Å². The molecule has 0 spiro atoms. The van der Waals surface area contributed by atoms with Crippen molar-refractivity contribution < 1.29 is 0 Å². The van der Waals surface area contributed by atoms with E-state index in [1.54, 1.807) is 0 Å². The first-order valence-corrected chi connectivity index (χ1v) is 8.11. The minimum Gasteiger partial charge on any atom is -0.394 e. The second-order valence-electron chi connectivity index (χ2n) is 6.11. The molecule has 20 heavy (non-hydrogen) atoms. The average molecular weight is 280 g/mol. The van der Waals surface area contributed by atoms with Crippen LogP contribution in [-0.4, -0.2) is 16.3 Å². The number of rotatable bonds is 10. The van der Waals surface area contributed by atoms with Crippen LogP contribution in [0.4, 0.5) is 11.5 Å². The van der Waals surface area contributed by atoms with Gasteiger partial charge in [0.05, 0.1) is 11.4 Å². The van der Waals surface area contributed by atoms with Gasteiger partial charge in [-0.25, -0.2) is 0 Å². The monoisotopic (exact) mass is 280 g/mol. The Bertz CT molecular complexity index is 382. The third-order valence-corrected chi connectivity index (χ3v) is 3.65. The van der Waals surface area contributed by atoms with Crippen LogP contribution in [0, 0.1) is 5.92 Å². The second kappa shape index (κ2) is 8.88. The Morgan fingerprint density at radius 3 is 2.55 bits per heavy atom. The number of anilines is 2. The van der Waals surface area contributed by atoms with Crippen LogP contribution in [-0.2, 0) is 13.5 Å². The number of nitrogens with two attached hydrogens (primary N) is 1. The summed E-state index contributed by atoms with van der Waals surface area (Å²) in [5.74, 6) is 1.81. The highest BCUT2D eigenvalue weighted by atomic mass is 15.3. The van der Waals surface area contributed by atoms with E-state index in [4.69, 9.17) is 5.73 Å². The molecule has 0 saturated heterocycles. The molecule has 0 aliphatic heterocycles. The highest BCUT2D eigenvalue weighted by Gasteiger charge is 2.11. The number of hydrogen-bond donors (Lipinski definition) is 2. The third-order valence-electron chi connectivity index (χ3n) is 3.65. The largest absolute Gasteiger partial charge is 0.394 e. The van der Waals surface area contributed by atoms with Gasteiger partial charge in [0.15, 0.2) is 0 Å². The van der Waals surface area contributed by atoms with Gasteiger partial charge in [-0.05, 0) is 18.8 Å². The highest BCUT2D eigenvalue weighted by Crippen LogP contribution is 2.23. The molecule has 0 amide bonds. The van der Waals surface area contributed by atoms with E-state index in [2.05, 4.69) is 31.2 Å². The topological polar surface area (TPSA) is 55.9 Å². The number of nitrogens with one attached hydrogen (secondary N) is 1. The van der Waals surface area contributed by atoms with Crippen molar-refractivity contribution in [2.75, 3.05) is 17.6 Å². The molecule has 0 radical (unpaired) electrons. The molecule has 1 aromatic rings. The Labute approximate surface area is 124 Å². The fourth-order valence-corrected chi connectivity index (χ4v) is 2.46. The maximum atomic E-state index is 6.14. The summed E-state index contributed by atoms with van der Waals surface area (Å²) >= 11 is 0. The summed E-state index contributed by atoms with van der Waals surface area (Å²) in [4.78, 5) is 0. The second-order valence-corrected chi connectivity index (χ2v) is 6.11. The molecule has 3 N–H and O–H groups in total. The van der Waals surface area contributed by atoms with Crippen molar-refractivity contribution >= 4 is 11.5 Å². The number of nitrogens with zero attached hydrogens (tertiary/aromatic N) is 2. The van der Waals surface area contributed by atoms with Crippen molar-refractivity contribution in [2.45, 2.75) is 65.7 Å². The molecule has 0 aliphatic rings. The zero-order chi connectivity index (χ0) is 15.0. The normalized spacial score (nSPS) is 11.2. The van der Waals surface area contributed by atoms with E-state index in [0.29, 0.717) is 0 Å². The Balaban J connectivity index is 2.25. The first-order chi connectivity index (χ1) is 9.56. The lowest BCUT2D eigenvalue weighted by Gasteiger charge is -2.08. The van der Waals surface area contributed by atoms with E-state index >= 15 is 0 Å². The average Bonchev–Trinajstić information content (AvgIpc) is 2.65. The summed E-state index contributed by atoms with van der Waals surface area (Å²) in [6, 6.07) is 0. The quantitative estimate of drug-likeness (QED) is 0.638. The van der Waals surface area contributed by atoms with Crippen LogP contribution in [0.5, 0.6) is 0 Å². The van der Waals surface area contributed by atoms with Crippen molar-refractivity contribution in [2.24, 2.45) is 13.0 Å². The summed E-state index contributed by atoms with van der Waals surface area (Å²) in [5.41, 5.74) is 7.99. The molecular formula is C16H32N4. The van der Waals surface area contributed by atoms with E-state index in [-0.39, 0.29) is 0 Å². The summed E-state index contributed by atoms with van der Waals surface area (Å²) in [7, 11) is 1.96. The van der Waals surface area contributed by atoms with E-state index in [0.717, 1.165) is 42.5 Å². The van der Waals surface area contributed by atoms with Crippen molar-refractivity contribution in [1.82, 2.24) is 9.78 Å². The number of aromatic nitrogens is 2. The van der Waals surface area contributed by atoms with E-state index < -0.39 is 0 Å². The molecule has 0 unspecified atom stereocenters. The van der Waals surface area contributed by atoms with Crippen LogP contribution in [0.15, 0.2) is 0 Å². The van der Waals surface area contributed by atoms with E-state index in [1.807, 2.05) is 11.7 Å². The Hall–Kier alpha value is -1.19. The minimum absolute atomic E-state index is 0.828. The van der Waals surface area contributed by atoms with Gasteiger partial charge < -0.3 is 11.1 Å². The van der Waals surface area contributed by atoms with E-state index in [9.17, 15) is 0 Å². The van der Waals surface area contributed by atoms with Gasteiger partial charge >= 0.3 is 0 Å². The zero-order valence-electron chi connectivity index (χ0n) is 13.7. The van der Waals surface area contributed by atoms with Crippen molar-refractivity contribution in [3.05, 3.63) is 5.69 Å². The first kappa shape index (κ1) is 16.9. The van der Waals surface area contributed by atoms with Crippen molar-refractivity contribution in [3.63, 3.8) is 0 Å². The molecule has 0 fully saturated rings. The number of hydrogen-bond acceptors (Lipinski definition) is 3. The molecule has 1 rings (SSSR count). The van der Waals surface area contributed by atoms with Crippen LogP contribution in [0.25, 0.3) is 0 Å². The minimum atomic E-state index is 0.828. The zero-order valence-corrected chi connectivity index (χ0v) is 13.7. The molecule has 4 nitrogen and oxygen atoms in total. The molecule has 4 heteroatoms. The lowest BCUT2D eigenvalue weighted by molar-refractivity contribution is 0.522. The molecule has 0 aliphatic carbocycles. The Morgan fingerprint density at radius 2 is 1.90 bits per heavy atom. The third kappa shape index (κ3) is 5.43. The lowest BCUT2D eigenvalue weighted by atomic mass is 10.0. The predicted molar refractivity (Wildman–Crippen MR) is 88.0 cm³/mol. The summed E-state index contributed by atoms with van der Waals surface area (Å²) < 4.78 is 1.87. The summed E-state index contributed by atoms with van der Waals surface area (Å²) in [6.45, 7) is 7.72. The molecule has 1 aromatic heterocycles. The molecule has 0 atom stereocenters. The van der Waals surface area contributed by atoms with Gasteiger partial charge in [0.1, 0.15) is 5.82 Å². The maximum Gasteiger partial charge on any atom is 0.147 e. The smallest absolute Gasteiger partial charge is 0.147 e. The van der Waals surface area contributed by atoms with Gasteiger partial charge in [-0.3, -0.25) is 4.68 Å². The lowest BCUT2D eigenvalue weighted by Crippen LogP contribution is -2.07. The van der Waals surface area contributed by atoms with E-state index in [1.165, 1.54) is 32.1 Å². The standard InChI is InChI=1S/C16H32N4/c1-5-10-14-15(17)16(20(4)19-14)18-12-9-7-6-8-11-13(2)3/h13,18H,5-12,17H2,1-4H3. The summed E-state index contributed by atoms with van der Waals surface area (Å²) in [5, 5.41) is 7.91. The molecular weight excluding hydrogens is 248 g/mol. The Kier molecular flexibility index (Phi) is 7.48. The van der Waals surface area contributed by atoms with Gasteiger partial charge in [-0.1, -0.05) is 52.9 Å². The predicted octanol–water partition coefficient (Wildman–Crippen LogP) is 3.97. The number of unbranched alkanes of at least 4 members (excludes halogenated alkanes) is 3. The van der Waals surface area contributed by atoms with Crippen LogP contribution < -0.4 is 11.1 Å². The fraction of sp³-hybridized carbons (Fsp3) is 0.812. The van der Waals surface area contributed by atoms with Gasteiger partial charge in [-0.2, -0.15) is 5.10 Å². The van der Waals surface area contributed by atoms with Crippen molar-refractivity contribution in [3.8, 4) is 0 Å². The van der Waals surface area contributed by atoms with Crippen LogP contribution >= 0.6 is 0 Å². The van der Waals surface area contributed by atoms with Crippen molar-refractivity contribution in [1.29, 1.82) is 0 Å². The van der Waals surface area contributed by atoms with Gasteiger partial charge in [-0.15, -0.1) is 0 Å². The first-order valence-electron chi connectivity index (χ1n) is 8.11. The van der Waals surface area contributed by atoms with Gasteiger partial charge in [0.25, 0.3) is 0 Å². The van der Waals surface area contributed by atoms with Crippen LogP contribution in [0.1, 0.15) is 65.0 Å².